The van der Waals surface area contributed by atoms with Crippen LogP contribution in [0.1, 0.15) is 5.56 Å². The Hall–Kier alpha value is -0.950. The maximum absolute atomic E-state index is 12.0. The summed E-state index contributed by atoms with van der Waals surface area (Å²) in [6.07, 6.45) is 0. The van der Waals surface area contributed by atoms with Crippen LogP contribution >= 0.6 is 0 Å². The van der Waals surface area contributed by atoms with Gasteiger partial charge in [-0.2, -0.15) is 0 Å². The molecule has 0 aliphatic carbocycles. The summed E-state index contributed by atoms with van der Waals surface area (Å²) in [6, 6.07) is 6.90. The monoisotopic (exact) mass is 283 g/mol. The summed E-state index contributed by atoms with van der Waals surface area (Å²) in [6.45, 7) is 7.06. The fourth-order valence-corrected chi connectivity index (χ4v) is 3.09. The number of rotatable bonds is 5. The largest absolute Gasteiger partial charge is 0.314 e. The van der Waals surface area contributed by atoms with Crippen LogP contribution in [0, 0.1) is 6.92 Å². The molecule has 1 heterocycles. The number of aryl methyl sites for hydroxylation is 1. The molecule has 2 N–H and O–H groups in total. The molecule has 0 saturated carbocycles. The highest BCUT2D eigenvalue weighted by Gasteiger charge is 2.14. The molecule has 0 bridgehead atoms. The van der Waals surface area contributed by atoms with Crippen LogP contribution in [0.25, 0.3) is 0 Å². The fraction of sp³-hybridized carbons (Fsp3) is 0.538. The first-order valence-corrected chi connectivity index (χ1v) is 8.06. The molecular formula is C13H21N3O2S. The molecule has 0 spiro atoms. The highest BCUT2D eigenvalue weighted by Crippen LogP contribution is 2.09. The van der Waals surface area contributed by atoms with Gasteiger partial charge in [0.05, 0.1) is 4.90 Å². The molecule has 1 aliphatic heterocycles. The zero-order valence-corrected chi connectivity index (χ0v) is 12.0. The van der Waals surface area contributed by atoms with E-state index in [4.69, 9.17) is 0 Å². The predicted octanol–water partition coefficient (Wildman–Crippen LogP) is 0.179. The van der Waals surface area contributed by atoms with Crippen molar-refractivity contribution in [2.45, 2.75) is 11.8 Å². The van der Waals surface area contributed by atoms with Gasteiger partial charge in [0.2, 0.25) is 10.0 Å². The lowest BCUT2D eigenvalue weighted by molar-refractivity contribution is 0.245. The molecule has 0 unspecified atom stereocenters. The summed E-state index contributed by atoms with van der Waals surface area (Å²) in [5.74, 6) is 0. The van der Waals surface area contributed by atoms with Crippen LogP contribution in [-0.4, -0.2) is 52.6 Å². The van der Waals surface area contributed by atoms with Crippen molar-refractivity contribution in [3.8, 4) is 0 Å². The summed E-state index contributed by atoms with van der Waals surface area (Å²) in [5, 5.41) is 3.27. The Balaban J connectivity index is 1.85. The van der Waals surface area contributed by atoms with Gasteiger partial charge in [-0.15, -0.1) is 0 Å². The molecule has 0 aromatic heterocycles. The van der Waals surface area contributed by atoms with Gasteiger partial charge in [0.1, 0.15) is 0 Å². The van der Waals surface area contributed by atoms with Crippen molar-refractivity contribution in [2.75, 3.05) is 39.3 Å². The van der Waals surface area contributed by atoms with Crippen LogP contribution in [0.2, 0.25) is 0 Å². The van der Waals surface area contributed by atoms with Gasteiger partial charge in [-0.3, -0.25) is 4.90 Å². The van der Waals surface area contributed by atoms with E-state index in [1.54, 1.807) is 12.1 Å². The van der Waals surface area contributed by atoms with Crippen molar-refractivity contribution >= 4 is 10.0 Å². The zero-order valence-electron chi connectivity index (χ0n) is 11.2. The molecule has 2 rings (SSSR count). The van der Waals surface area contributed by atoms with Crippen LogP contribution in [0.3, 0.4) is 0 Å². The topological polar surface area (TPSA) is 61.4 Å². The summed E-state index contributed by atoms with van der Waals surface area (Å²) < 4.78 is 26.7. The van der Waals surface area contributed by atoms with E-state index in [-0.39, 0.29) is 0 Å². The van der Waals surface area contributed by atoms with E-state index in [9.17, 15) is 8.42 Å². The minimum absolute atomic E-state index is 0.332. The third kappa shape index (κ3) is 4.28. The molecule has 106 valence electrons. The van der Waals surface area contributed by atoms with Crippen molar-refractivity contribution in [3.05, 3.63) is 29.8 Å². The van der Waals surface area contributed by atoms with E-state index >= 15 is 0 Å². The molecule has 1 aromatic rings. The van der Waals surface area contributed by atoms with Gasteiger partial charge in [0.25, 0.3) is 0 Å². The van der Waals surface area contributed by atoms with Crippen molar-refractivity contribution < 1.29 is 8.42 Å². The number of hydrogen-bond acceptors (Lipinski definition) is 4. The predicted molar refractivity (Wildman–Crippen MR) is 75.7 cm³/mol. The highest BCUT2D eigenvalue weighted by molar-refractivity contribution is 7.89. The number of benzene rings is 1. The Morgan fingerprint density at radius 3 is 2.47 bits per heavy atom. The molecule has 1 aromatic carbocycles. The van der Waals surface area contributed by atoms with Gasteiger partial charge >= 0.3 is 0 Å². The standard InChI is InChI=1S/C13H21N3O2S/c1-12-2-4-13(5-3-12)19(17,18)15-8-11-16-9-6-14-7-10-16/h2-5,14-15H,6-11H2,1H3. The average Bonchev–Trinajstić information content (AvgIpc) is 2.40. The first kappa shape index (κ1) is 14.5. The van der Waals surface area contributed by atoms with Gasteiger partial charge in [0, 0.05) is 39.3 Å². The van der Waals surface area contributed by atoms with Gasteiger partial charge < -0.3 is 5.32 Å². The van der Waals surface area contributed by atoms with Crippen LogP contribution in [0.15, 0.2) is 29.2 Å². The highest BCUT2D eigenvalue weighted by atomic mass is 32.2. The zero-order chi connectivity index (χ0) is 13.7. The number of nitrogens with one attached hydrogen (secondary N) is 2. The van der Waals surface area contributed by atoms with Gasteiger partial charge in [0.15, 0.2) is 0 Å². The third-order valence-electron chi connectivity index (χ3n) is 3.26. The second-order valence-corrected chi connectivity index (χ2v) is 6.57. The third-order valence-corrected chi connectivity index (χ3v) is 4.74. The number of sulfonamides is 1. The lowest BCUT2D eigenvalue weighted by Crippen LogP contribution is -2.46. The first-order chi connectivity index (χ1) is 9.08. The Bertz CT molecular complexity index is 493. The number of piperazine rings is 1. The maximum Gasteiger partial charge on any atom is 0.240 e. The SMILES string of the molecule is Cc1ccc(S(=O)(=O)NCCN2CCNCC2)cc1. The van der Waals surface area contributed by atoms with E-state index < -0.39 is 10.0 Å². The quantitative estimate of drug-likeness (QED) is 0.809. The number of nitrogens with zero attached hydrogens (tertiary/aromatic N) is 1. The fourth-order valence-electron chi connectivity index (χ4n) is 2.07. The Kier molecular flexibility index (Phi) is 4.93. The van der Waals surface area contributed by atoms with Gasteiger partial charge in [-0.1, -0.05) is 17.7 Å². The van der Waals surface area contributed by atoms with Gasteiger partial charge in [-0.05, 0) is 19.1 Å². The smallest absolute Gasteiger partial charge is 0.240 e. The van der Waals surface area contributed by atoms with Gasteiger partial charge in [-0.25, -0.2) is 13.1 Å². The second-order valence-electron chi connectivity index (χ2n) is 4.80. The first-order valence-electron chi connectivity index (χ1n) is 6.57. The minimum Gasteiger partial charge on any atom is -0.314 e. The lowest BCUT2D eigenvalue weighted by Gasteiger charge is -2.27. The molecule has 0 amide bonds. The van der Waals surface area contributed by atoms with Crippen molar-refractivity contribution in [1.29, 1.82) is 0 Å². The van der Waals surface area contributed by atoms with E-state index in [1.165, 1.54) is 0 Å². The second kappa shape index (κ2) is 6.47. The Morgan fingerprint density at radius 1 is 1.21 bits per heavy atom. The summed E-state index contributed by atoms with van der Waals surface area (Å²) in [4.78, 5) is 2.59. The lowest BCUT2D eigenvalue weighted by atomic mass is 10.2. The molecule has 0 radical (unpaired) electrons. The number of hydrogen-bond donors (Lipinski definition) is 2. The molecule has 0 atom stereocenters. The molecule has 6 heteroatoms. The van der Waals surface area contributed by atoms with Crippen LogP contribution in [0.5, 0.6) is 0 Å². The van der Waals surface area contributed by atoms with E-state index in [0.29, 0.717) is 11.4 Å². The van der Waals surface area contributed by atoms with Crippen molar-refractivity contribution in [3.63, 3.8) is 0 Å². The minimum atomic E-state index is -3.37. The summed E-state index contributed by atoms with van der Waals surface area (Å²) in [5.41, 5.74) is 1.06. The molecule has 1 saturated heterocycles. The Labute approximate surface area is 115 Å². The normalized spacial score (nSPS) is 17.5. The van der Waals surface area contributed by atoms with Crippen molar-refractivity contribution in [2.24, 2.45) is 0 Å². The summed E-state index contributed by atoms with van der Waals surface area (Å²) >= 11 is 0. The van der Waals surface area contributed by atoms with Crippen LogP contribution < -0.4 is 10.0 Å². The van der Waals surface area contributed by atoms with Crippen LogP contribution in [-0.2, 0) is 10.0 Å². The van der Waals surface area contributed by atoms with Crippen molar-refractivity contribution in [1.82, 2.24) is 14.9 Å². The maximum atomic E-state index is 12.0. The molecular weight excluding hydrogens is 262 g/mol. The Morgan fingerprint density at radius 2 is 1.84 bits per heavy atom. The molecule has 1 aliphatic rings. The van der Waals surface area contributed by atoms with E-state index in [0.717, 1.165) is 38.3 Å². The molecule has 5 nitrogen and oxygen atoms in total. The van der Waals surface area contributed by atoms with Crippen LogP contribution in [0.4, 0.5) is 0 Å². The average molecular weight is 283 g/mol. The molecule has 1 fully saturated rings. The van der Waals surface area contributed by atoms with E-state index in [2.05, 4.69) is 14.9 Å². The van der Waals surface area contributed by atoms with E-state index in [1.807, 2.05) is 19.1 Å². The summed E-state index contributed by atoms with van der Waals surface area (Å²) in [7, 11) is -3.37. The molecule has 19 heavy (non-hydrogen) atoms.